The number of hydrogen-bond donors (Lipinski definition) is 5. The predicted octanol–water partition coefficient (Wildman–Crippen LogP) is -0.968. The van der Waals surface area contributed by atoms with Crippen molar-refractivity contribution in [2.24, 2.45) is 11.5 Å². The third kappa shape index (κ3) is 14.1. The van der Waals surface area contributed by atoms with Gasteiger partial charge in [0.05, 0.1) is 6.42 Å². The minimum atomic E-state index is -1.58. The average Bonchev–Trinajstić information content (AvgIpc) is 2.36. The number of hydrogen-bond acceptors (Lipinski definition) is 6. The minimum absolute atomic E-state index is 0.425. The summed E-state index contributed by atoms with van der Waals surface area (Å²) in [5.41, 5.74) is 10.4. The molecule has 0 rings (SSSR count). The van der Waals surface area contributed by atoms with Crippen LogP contribution in [0.4, 0.5) is 0 Å². The van der Waals surface area contributed by atoms with E-state index in [1.807, 2.05) is 0 Å². The fourth-order valence-electron chi connectivity index (χ4n) is 0.959. The number of ketones is 1. The molecule has 0 fully saturated rings. The van der Waals surface area contributed by atoms with Crippen LogP contribution >= 0.6 is 0 Å². The van der Waals surface area contributed by atoms with Crippen LogP contribution in [0.1, 0.15) is 32.1 Å². The zero-order valence-electron chi connectivity index (χ0n) is 10.9. The Bertz CT molecular complexity index is 344. The number of carboxylic acids is 3. The van der Waals surface area contributed by atoms with Crippen molar-refractivity contribution in [3.05, 3.63) is 0 Å². The van der Waals surface area contributed by atoms with Gasteiger partial charge in [0.2, 0.25) is 5.78 Å². The maximum atomic E-state index is 10.2. The lowest BCUT2D eigenvalue weighted by Crippen LogP contribution is -2.29. The highest BCUT2D eigenvalue weighted by Gasteiger charge is 2.12. The van der Waals surface area contributed by atoms with E-state index in [0.717, 1.165) is 12.8 Å². The zero-order valence-corrected chi connectivity index (χ0v) is 10.9. The van der Waals surface area contributed by atoms with Crippen molar-refractivity contribution in [2.45, 2.75) is 38.1 Å². The van der Waals surface area contributed by atoms with Crippen LogP contribution in [0.25, 0.3) is 0 Å². The van der Waals surface area contributed by atoms with Crippen LogP contribution in [0, 0.1) is 0 Å². The lowest BCUT2D eigenvalue weighted by Gasteiger charge is -2.03. The van der Waals surface area contributed by atoms with Gasteiger partial charge in [0, 0.05) is 6.42 Å². The largest absolute Gasteiger partial charge is 0.481 e. The van der Waals surface area contributed by atoms with Gasteiger partial charge >= 0.3 is 17.9 Å². The molecule has 7 N–H and O–H groups in total. The van der Waals surface area contributed by atoms with Crippen LogP contribution in [-0.4, -0.2) is 51.6 Å². The summed E-state index contributed by atoms with van der Waals surface area (Å²) in [6, 6.07) is -0.716. The Morgan fingerprint density at radius 2 is 1.50 bits per heavy atom. The normalized spacial score (nSPS) is 10.9. The predicted molar refractivity (Wildman–Crippen MR) is 68.0 cm³/mol. The fraction of sp³-hybridized carbons (Fsp3) is 0.636. The molecule has 0 aliphatic carbocycles. The van der Waals surface area contributed by atoms with Crippen LogP contribution in [0.15, 0.2) is 0 Å². The second kappa shape index (κ2) is 12.1. The minimum Gasteiger partial charge on any atom is -0.481 e. The summed E-state index contributed by atoms with van der Waals surface area (Å²) in [5, 5.41) is 24.3. The van der Waals surface area contributed by atoms with Gasteiger partial charge in [-0.05, 0) is 19.4 Å². The number of carbonyl (C=O) groups excluding carboxylic acids is 1. The summed E-state index contributed by atoms with van der Waals surface area (Å²) in [5.74, 6) is -4.75. The first-order valence-electron chi connectivity index (χ1n) is 5.88. The van der Waals surface area contributed by atoms with Gasteiger partial charge in [-0.15, -0.1) is 0 Å². The Morgan fingerprint density at radius 1 is 0.950 bits per heavy atom. The topological polar surface area (TPSA) is 181 Å². The highest BCUT2D eigenvalue weighted by Crippen LogP contribution is 1.97. The van der Waals surface area contributed by atoms with E-state index >= 15 is 0 Å². The molecular formula is C11H20N2O7. The molecule has 0 aromatic carbocycles. The first-order chi connectivity index (χ1) is 9.22. The molecule has 0 aliphatic heterocycles. The van der Waals surface area contributed by atoms with E-state index in [0.29, 0.717) is 13.0 Å². The van der Waals surface area contributed by atoms with Crippen molar-refractivity contribution in [3.63, 3.8) is 0 Å². The van der Waals surface area contributed by atoms with Crippen LogP contribution in [0.2, 0.25) is 0 Å². The highest BCUT2D eigenvalue weighted by atomic mass is 16.4. The van der Waals surface area contributed by atoms with Crippen molar-refractivity contribution in [1.29, 1.82) is 0 Å². The second-order valence-corrected chi connectivity index (χ2v) is 3.85. The molecule has 116 valence electrons. The fourth-order valence-corrected chi connectivity index (χ4v) is 0.959. The van der Waals surface area contributed by atoms with Crippen LogP contribution < -0.4 is 11.5 Å². The SMILES string of the molecule is NCCCC[C@H](N)C(=O)O.O=C(O)CCC(=O)C(=O)O. The van der Waals surface area contributed by atoms with Gasteiger partial charge in [-0.3, -0.25) is 14.4 Å². The molecule has 0 radical (unpaired) electrons. The maximum Gasteiger partial charge on any atom is 0.372 e. The molecule has 0 amide bonds. The number of carboxylic acid groups (broad SMARTS) is 3. The Kier molecular flexibility index (Phi) is 12.2. The molecule has 0 spiro atoms. The average molecular weight is 292 g/mol. The Morgan fingerprint density at radius 3 is 1.85 bits per heavy atom. The van der Waals surface area contributed by atoms with Gasteiger partial charge < -0.3 is 26.8 Å². The van der Waals surface area contributed by atoms with Gasteiger partial charge in [0.25, 0.3) is 0 Å². The Labute approximate surface area is 115 Å². The van der Waals surface area contributed by atoms with E-state index in [9.17, 15) is 19.2 Å². The van der Waals surface area contributed by atoms with E-state index in [4.69, 9.17) is 26.8 Å². The third-order valence-corrected chi connectivity index (χ3v) is 2.09. The van der Waals surface area contributed by atoms with Crippen LogP contribution in [0.3, 0.4) is 0 Å². The van der Waals surface area contributed by atoms with Crippen molar-refractivity contribution in [2.75, 3.05) is 6.54 Å². The number of nitrogens with two attached hydrogens (primary N) is 2. The van der Waals surface area contributed by atoms with Crippen molar-refractivity contribution >= 4 is 23.7 Å². The lowest BCUT2D eigenvalue weighted by atomic mass is 10.1. The van der Waals surface area contributed by atoms with Gasteiger partial charge in [0.15, 0.2) is 0 Å². The molecule has 20 heavy (non-hydrogen) atoms. The van der Waals surface area contributed by atoms with Gasteiger partial charge in [-0.1, -0.05) is 6.42 Å². The third-order valence-electron chi connectivity index (χ3n) is 2.09. The molecule has 0 aromatic heterocycles. The quantitative estimate of drug-likeness (QED) is 0.264. The number of rotatable bonds is 9. The van der Waals surface area contributed by atoms with Crippen molar-refractivity contribution < 1.29 is 34.5 Å². The first-order valence-corrected chi connectivity index (χ1v) is 5.88. The monoisotopic (exact) mass is 292 g/mol. The number of unbranched alkanes of at least 4 members (excludes halogenated alkanes) is 1. The second-order valence-electron chi connectivity index (χ2n) is 3.85. The van der Waals surface area contributed by atoms with Crippen LogP contribution in [-0.2, 0) is 19.2 Å². The standard InChI is InChI=1S/C6H14N2O2.C5H6O5/c7-4-2-1-3-5(8)6(9)10;6-3(5(9)10)1-2-4(7)8/h5H,1-4,7-8H2,(H,9,10);1-2H2,(H,7,8)(H,9,10)/t5-;/m0./s1. The molecule has 0 unspecified atom stereocenters. The van der Waals surface area contributed by atoms with Gasteiger partial charge in [-0.2, -0.15) is 0 Å². The molecule has 1 atom stereocenters. The summed E-state index contributed by atoms with van der Waals surface area (Å²) in [7, 11) is 0. The molecule has 9 heteroatoms. The molecule has 9 nitrogen and oxygen atoms in total. The Hall–Kier alpha value is -2.00. The Balaban J connectivity index is 0. The lowest BCUT2D eigenvalue weighted by molar-refractivity contribution is -0.149. The van der Waals surface area contributed by atoms with E-state index in [-0.39, 0.29) is 0 Å². The van der Waals surface area contributed by atoms with E-state index in [1.165, 1.54) is 0 Å². The molecule has 0 aromatic rings. The maximum absolute atomic E-state index is 10.2. The summed E-state index contributed by atoms with van der Waals surface area (Å²) in [4.78, 5) is 39.9. The number of aliphatic carboxylic acids is 3. The molecule has 0 saturated carbocycles. The van der Waals surface area contributed by atoms with Gasteiger partial charge in [-0.25, -0.2) is 4.79 Å². The molecule has 0 saturated heterocycles. The summed E-state index contributed by atoms with van der Waals surface area (Å²) < 4.78 is 0. The summed E-state index contributed by atoms with van der Waals surface area (Å²) >= 11 is 0. The summed E-state index contributed by atoms with van der Waals surface area (Å²) in [6.45, 7) is 0.604. The first kappa shape index (κ1) is 20.3. The number of carbonyl (C=O) groups is 4. The van der Waals surface area contributed by atoms with E-state index in [1.54, 1.807) is 0 Å². The molecule has 0 bridgehead atoms. The number of Topliss-reactive ketones (excluding diaryl/α,β-unsaturated/α-hetero) is 1. The zero-order chi connectivity index (χ0) is 16.1. The van der Waals surface area contributed by atoms with E-state index in [2.05, 4.69) is 0 Å². The van der Waals surface area contributed by atoms with Crippen LogP contribution in [0.5, 0.6) is 0 Å². The van der Waals surface area contributed by atoms with Crippen molar-refractivity contribution in [1.82, 2.24) is 0 Å². The molecule has 0 heterocycles. The highest BCUT2D eigenvalue weighted by molar-refractivity contribution is 6.32. The summed E-state index contributed by atoms with van der Waals surface area (Å²) in [6.07, 6.45) is 1.30. The van der Waals surface area contributed by atoms with Gasteiger partial charge in [0.1, 0.15) is 6.04 Å². The molecule has 0 aliphatic rings. The molecular weight excluding hydrogens is 272 g/mol. The van der Waals surface area contributed by atoms with E-state index < -0.39 is 42.6 Å². The smallest absolute Gasteiger partial charge is 0.372 e. The van der Waals surface area contributed by atoms with Crippen molar-refractivity contribution in [3.8, 4) is 0 Å².